The van der Waals surface area contributed by atoms with Crippen molar-refractivity contribution in [1.82, 2.24) is 19.3 Å². The Morgan fingerprint density at radius 3 is 2.72 bits per heavy atom. The van der Waals surface area contributed by atoms with Gasteiger partial charge < -0.3 is 19.1 Å². The number of benzene rings is 2. The van der Waals surface area contributed by atoms with Crippen LogP contribution in [-0.2, 0) is 37.1 Å². The Morgan fingerprint density at radius 2 is 2.00 bits per heavy atom. The monoisotopic (exact) mass is 558 g/mol. The Bertz CT molecular complexity index is 1480. The van der Waals surface area contributed by atoms with Gasteiger partial charge in [0.25, 0.3) is 5.95 Å². The van der Waals surface area contributed by atoms with Crippen molar-refractivity contribution in [1.29, 1.82) is 0 Å². The average molecular weight is 559 g/mol. The van der Waals surface area contributed by atoms with E-state index in [4.69, 9.17) is 9.84 Å². The first-order chi connectivity index (χ1) is 18.6. The van der Waals surface area contributed by atoms with Crippen LogP contribution in [-0.4, -0.2) is 63.7 Å². The smallest absolute Gasteiger partial charge is 0.388 e. The first-order valence-corrected chi connectivity index (χ1v) is 14.3. The van der Waals surface area contributed by atoms with Crippen LogP contribution in [0.1, 0.15) is 59.9 Å². The van der Waals surface area contributed by atoms with E-state index in [0.717, 1.165) is 49.6 Å². The summed E-state index contributed by atoms with van der Waals surface area (Å²) in [6, 6.07) is 9.66. The molecule has 1 aliphatic rings. The molecule has 4 rings (SSSR count). The number of carbonyl (C=O) groups excluding carboxylic acids is 1. The second kappa shape index (κ2) is 12.1. The second-order valence-corrected chi connectivity index (χ2v) is 11.1. The highest BCUT2D eigenvalue weighted by atomic mass is 32.2. The van der Waals surface area contributed by atoms with E-state index in [1.165, 1.54) is 6.08 Å². The fraction of sp³-hybridized carbons (Fsp3) is 0.444. The molecule has 1 unspecified atom stereocenters. The standard InChI is InChI=1S/C27H34N4O7S/c1-4-37-26(34)16-23(22-9-10-24-27(19(22)3)28-29-31(24)12-5-6-14-32)20-8-7-18(2)21(15-20)17-30-13-11-25(33)38-39(30,35)36/h7-11,15,23,32-33H,4-6,12-14,16-17H2,1-3H3. The van der Waals surface area contributed by atoms with Gasteiger partial charge in [0, 0.05) is 38.2 Å². The summed E-state index contributed by atoms with van der Waals surface area (Å²) in [6.45, 7) is 6.64. The van der Waals surface area contributed by atoms with E-state index in [2.05, 4.69) is 14.5 Å². The van der Waals surface area contributed by atoms with E-state index in [9.17, 15) is 18.3 Å². The molecule has 0 spiro atoms. The van der Waals surface area contributed by atoms with Crippen molar-refractivity contribution < 1.29 is 32.3 Å². The zero-order chi connectivity index (χ0) is 28.2. The van der Waals surface area contributed by atoms with Gasteiger partial charge in [-0.25, -0.2) is 4.68 Å². The largest absolute Gasteiger partial charge is 0.480 e. The predicted octanol–water partition coefficient (Wildman–Crippen LogP) is 3.38. The van der Waals surface area contributed by atoms with Crippen molar-refractivity contribution in [3.05, 3.63) is 70.2 Å². The molecule has 2 aromatic carbocycles. The van der Waals surface area contributed by atoms with Gasteiger partial charge in [-0.3, -0.25) is 4.79 Å². The number of aliphatic hydroxyl groups excluding tert-OH is 2. The third kappa shape index (κ3) is 6.40. The van der Waals surface area contributed by atoms with Crippen molar-refractivity contribution in [3.8, 4) is 0 Å². The maximum absolute atomic E-state index is 12.7. The van der Waals surface area contributed by atoms with E-state index in [-0.39, 0.29) is 44.6 Å². The van der Waals surface area contributed by atoms with E-state index in [0.29, 0.717) is 13.0 Å². The van der Waals surface area contributed by atoms with Crippen LogP contribution < -0.4 is 0 Å². The van der Waals surface area contributed by atoms with Gasteiger partial charge in [0.2, 0.25) is 0 Å². The summed E-state index contributed by atoms with van der Waals surface area (Å²) in [4.78, 5) is 12.7. The molecule has 1 atom stereocenters. The maximum atomic E-state index is 12.7. The molecule has 0 bridgehead atoms. The summed E-state index contributed by atoms with van der Waals surface area (Å²) >= 11 is 0. The van der Waals surface area contributed by atoms with Crippen LogP contribution >= 0.6 is 0 Å². The van der Waals surface area contributed by atoms with E-state index < -0.39 is 16.2 Å². The van der Waals surface area contributed by atoms with Crippen molar-refractivity contribution >= 4 is 27.3 Å². The molecule has 0 saturated carbocycles. The highest BCUT2D eigenvalue weighted by Gasteiger charge is 2.30. The van der Waals surface area contributed by atoms with Crippen LogP contribution in [0.5, 0.6) is 0 Å². The first kappa shape index (κ1) is 28.5. The Morgan fingerprint density at radius 1 is 1.21 bits per heavy atom. The minimum atomic E-state index is -4.13. The van der Waals surface area contributed by atoms with Gasteiger partial charge in [-0.2, -0.15) is 12.7 Å². The van der Waals surface area contributed by atoms with Crippen LogP contribution in [0.4, 0.5) is 0 Å². The zero-order valence-electron chi connectivity index (χ0n) is 22.3. The van der Waals surface area contributed by atoms with Crippen molar-refractivity contribution in [2.75, 3.05) is 19.8 Å². The molecule has 0 aliphatic carbocycles. The molecule has 0 saturated heterocycles. The normalized spacial score (nSPS) is 16.1. The van der Waals surface area contributed by atoms with Gasteiger partial charge in [-0.1, -0.05) is 29.5 Å². The van der Waals surface area contributed by atoms with Crippen LogP contribution in [0.2, 0.25) is 0 Å². The number of unbranched alkanes of at least 4 members (excludes halogenated alkanes) is 1. The highest BCUT2D eigenvalue weighted by molar-refractivity contribution is 7.84. The third-order valence-electron chi connectivity index (χ3n) is 6.91. The van der Waals surface area contributed by atoms with Crippen LogP contribution in [0, 0.1) is 13.8 Å². The molecule has 3 aromatic rings. The lowest BCUT2D eigenvalue weighted by Crippen LogP contribution is -2.35. The van der Waals surface area contributed by atoms with E-state index in [1.54, 1.807) is 6.92 Å². The number of esters is 1. The van der Waals surface area contributed by atoms with Gasteiger partial charge in [-0.05, 0) is 67.5 Å². The molecule has 1 aliphatic heterocycles. The zero-order valence-corrected chi connectivity index (χ0v) is 23.1. The SMILES string of the molecule is CCOC(=O)CC(c1ccc(C)c(CN2CC=C(O)OS2(=O)=O)c1)c1ccc2c(nnn2CCCCO)c1C. The van der Waals surface area contributed by atoms with Crippen LogP contribution in [0.3, 0.4) is 0 Å². The lowest BCUT2D eigenvalue weighted by Gasteiger charge is -2.25. The highest BCUT2D eigenvalue weighted by Crippen LogP contribution is 2.35. The number of fused-ring (bicyclic) bond motifs is 1. The molecule has 2 N–H and O–H groups in total. The molecule has 1 aromatic heterocycles. The minimum absolute atomic E-state index is 0.0200. The molecule has 0 radical (unpaired) electrons. The molecule has 2 heterocycles. The molecule has 11 nitrogen and oxygen atoms in total. The van der Waals surface area contributed by atoms with E-state index >= 15 is 0 Å². The number of carbonyl (C=O) groups is 1. The molecule has 12 heteroatoms. The third-order valence-corrected chi connectivity index (χ3v) is 8.20. The lowest BCUT2D eigenvalue weighted by molar-refractivity contribution is -0.143. The van der Waals surface area contributed by atoms with Crippen molar-refractivity contribution in [2.45, 2.75) is 59.0 Å². The number of hydrogen-bond acceptors (Lipinski definition) is 9. The minimum Gasteiger partial charge on any atom is -0.480 e. The number of aliphatic hydroxyl groups is 2. The number of aromatic nitrogens is 3. The van der Waals surface area contributed by atoms with Crippen LogP contribution in [0.15, 0.2) is 42.4 Å². The summed E-state index contributed by atoms with van der Waals surface area (Å²) in [5, 5.41) is 27.3. The summed E-state index contributed by atoms with van der Waals surface area (Å²) in [5.74, 6) is -1.35. The van der Waals surface area contributed by atoms with Gasteiger partial charge in [0.15, 0.2) is 0 Å². The van der Waals surface area contributed by atoms with Gasteiger partial charge >= 0.3 is 16.3 Å². The van der Waals surface area contributed by atoms with Gasteiger partial charge in [-0.15, -0.1) is 5.10 Å². The molecule has 0 fully saturated rings. The van der Waals surface area contributed by atoms with Crippen molar-refractivity contribution in [2.24, 2.45) is 0 Å². The summed E-state index contributed by atoms with van der Waals surface area (Å²) in [7, 11) is -4.13. The fourth-order valence-corrected chi connectivity index (χ4v) is 5.71. The topological polar surface area (TPSA) is 144 Å². The fourth-order valence-electron chi connectivity index (χ4n) is 4.77. The molecule has 39 heavy (non-hydrogen) atoms. The summed E-state index contributed by atoms with van der Waals surface area (Å²) in [5.41, 5.74) is 5.85. The first-order valence-electron chi connectivity index (χ1n) is 12.9. The lowest BCUT2D eigenvalue weighted by atomic mass is 9.84. The molecule has 210 valence electrons. The summed E-state index contributed by atoms with van der Waals surface area (Å²) < 4.78 is 37.7. The molecular weight excluding hydrogens is 524 g/mol. The maximum Gasteiger partial charge on any atom is 0.388 e. The number of ether oxygens (including phenoxy) is 1. The Kier molecular flexibility index (Phi) is 8.88. The number of hydrogen-bond donors (Lipinski definition) is 2. The Balaban J connectivity index is 1.72. The second-order valence-electron chi connectivity index (χ2n) is 9.51. The van der Waals surface area contributed by atoms with Crippen LogP contribution in [0.25, 0.3) is 11.0 Å². The molecular formula is C27H34N4O7S. The van der Waals surface area contributed by atoms with E-state index in [1.807, 2.05) is 48.9 Å². The van der Waals surface area contributed by atoms with Gasteiger partial charge in [0.1, 0.15) is 5.52 Å². The Labute approximate surface area is 227 Å². The number of nitrogens with zero attached hydrogens (tertiary/aromatic N) is 4. The average Bonchev–Trinajstić information content (AvgIpc) is 3.30. The molecule has 0 amide bonds. The number of aryl methyl sites for hydroxylation is 3. The Hall–Kier alpha value is -3.48. The number of rotatable bonds is 11. The van der Waals surface area contributed by atoms with Gasteiger partial charge in [0.05, 0.1) is 18.5 Å². The van der Waals surface area contributed by atoms with Crippen molar-refractivity contribution in [3.63, 3.8) is 0 Å². The predicted molar refractivity (Wildman–Crippen MR) is 144 cm³/mol. The quantitative estimate of drug-likeness (QED) is 0.267. The summed E-state index contributed by atoms with van der Waals surface area (Å²) in [6.07, 6.45) is 2.84.